The number of rotatable bonds is 4. The molecule has 6 heteroatoms. The summed E-state index contributed by atoms with van der Waals surface area (Å²) in [6.07, 6.45) is 5.33. The van der Waals surface area contributed by atoms with E-state index in [0.717, 1.165) is 34.8 Å². The van der Waals surface area contributed by atoms with E-state index in [0.29, 0.717) is 11.6 Å². The van der Waals surface area contributed by atoms with Crippen LogP contribution in [0.3, 0.4) is 0 Å². The molecule has 0 saturated carbocycles. The number of nitrogen functional groups attached to an aromatic ring is 1. The van der Waals surface area contributed by atoms with Gasteiger partial charge in [0, 0.05) is 47.8 Å². The predicted octanol–water partition coefficient (Wildman–Crippen LogP) is 1.73. The normalized spacial score (nSPS) is 11.4. The van der Waals surface area contributed by atoms with E-state index in [-0.39, 0.29) is 0 Å². The third-order valence-electron chi connectivity index (χ3n) is 3.37. The zero-order valence-electron chi connectivity index (χ0n) is 12.2. The van der Waals surface area contributed by atoms with Crippen molar-refractivity contribution in [1.29, 1.82) is 0 Å². The number of likely N-dealkylation sites (N-methyl/N-ethyl adjacent to an activating group) is 1. The lowest BCUT2D eigenvalue weighted by atomic mass is 10.1. The van der Waals surface area contributed by atoms with E-state index in [1.807, 2.05) is 26.2 Å². The first-order chi connectivity index (χ1) is 10.1. The van der Waals surface area contributed by atoms with Gasteiger partial charge in [-0.15, -0.1) is 0 Å². The van der Waals surface area contributed by atoms with Crippen molar-refractivity contribution < 1.29 is 0 Å². The van der Waals surface area contributed by atoms with Gasteiger partial charge in [0.2, 0.25) is 5.95 Å². The standard InChI is InChI=1S/C15H18N6/c1-21(2)6-5-18-15-19-9-11-7-10-8-17-4-3-12(10)13(16)14(11)20-15/h3-4,7-9H,5-6,16H2,1-2H3,(H,18,19,20). The Labute approximate surface area is 123 Å². The molecular formula is C15H18N6. The molecule has 0 aliphatic heterocycles. The van der Waals surface area contributed by atoms with Gasteiger partial charge in [-0.3, -0.25) is 4.98 Å². The Hall–Kier alpha value is -2.47. The van der Waals surface area contributed by atoms with Crippen molar-refractivity contribution in [3.63, 3.8) is 0 Å². The summed E-state index contributed by atoms with van der Waals surface area (Å²) < 4.78 is 0. The second-order valence-corrected chi connectivity index (χ2v) is 5.25. The van der Waals surface area contributed by atoms with Crippen LogP contribution in [0.15, 0.2) is 30.7 Å². The molecule has 0 spiro atoms. The van der Waals surface area contributed by atoms with Crippen LogP contribution >= 0.6 is 0 Å². The SMILES string of the molecule is CN(C)CCNc1ncc2cc3cnccc3c(N)c2n1. The van der Waals surface area contributed by atoms with Crippen LogP contribution in [0, 0.1) is 0 Å². The molecule has 3 aromatic rings. The summed E-state index contributed by atoms with van der Waals surface area (Å²) in [7, 11) is 4.06. The summed E-state index contributed by atoms with van der Waals surface area (Å²) in [5.74, 6) is 0.601. The zero-order chi connectivity index (χ0) is 14.8. The highest BCUT2D eigenvalue weighted by Crippen LogP contribution is 2.28. The lowest BCUT2D eigenvalue weighted by Gasteiger charge is -2.11. The average molecular weight is 282 g/mol. The van der Waals surface area contributed by atoms with Crippen molar-refractivity contribution in [2.75, 3.05) is 38.2 Å². The average Bonchev–Trinajstić information content (AvgIpc) is 2.48. The van der Waals surface area contributed by atoms with Gasteiger partial charge in [-0.1, -0.05) is 0 Å². The molecule has 108 valence electrons. The van der Waals surface area contributed by atoms with Crippen LogP contribution in [0.2, 0.25) is 0 Å². The van der Waals surface area contributed by atoms with Crippen molar-refractivity contribution in [3.05, 3.63) is 30.7 Å². The van der Waals surface area contributed by atoms with Crippen molar-refractivity contribution in [1.82, 2.24) is 19.9 Å². The molecule has 21 heavy (non-hydrogen) atoms. The molecule has 0 atom stereocenters. The Balaban J connectivity index is 2.00. The molecular weight excluding hydrogens is 264 g/mol. The van der Waals surface area contributed by atoms with E-state index in [1.54, 1.807) is 18.6 Å². The van der Waals surface area contributed by atoms with Gasteiger partial charge < -0.3 is 16.0 Å². The number of hydrogen-bond donors (Lipinski definition) is 2. The fourth-order valence-corrected chi connectivity index (χ4v) is 2.25. The van der Waals surface area contributed by atoms with Crippen LogP contribution in [0.1, 0.15) is 0 Å². The van der Waals surface area contributed by atoms with Gasteiger partial charge >= 0.3 is 0 Å². The first kappa shape index (κ1) is 13.5. The minimum absolute atomic E-state index is 0.601. The maximum Gasteiger partial charge on any atom is 0.223 e. The molecule has 0 saturated heterocycles. The number of pyridine rings is 1. The molecule has 3 rings (SSSR count). The highest BCUT2D eigenvalue weighted by atomic mass is 15.1. The summed E-state index contributed by atoms with van der Waals surface area (Å²) in [4.78, 5) is 15.1. The van der Waals surface area contributed by atoms with E-state index >= 15 is 0 Å². The van der Waals surface area contributed by atoms with Crippen LogP contribution in [0.4, 0.5) is 11.6 Å². The number of anilines is 2. The van der Waals surface area contributed by atoms with Crippen LogP contribution < -0.4 is 11.1 Å². The Morgan fingerprint density at radius 1 is 1.24 bits per heavy atom. The minimum Gasteiger partial charge on any atom is -0.396 e. The van der Waals surface area contributed by atoms with Crippen molar-refractivity contribution >= 4 is 33.3 Å². The third kappa shape index (κ3) is 2.71. The van der Waals surface area contributed by atoms with Crippen molar-refractivity contribution in [2.45, 2.75) is 0 Å². The summed E-state index contributed by atoms with van der Waals surface area (Å²) in [5.41, 5.74) is 7.69. The quantitative estimate of drug-likeness (QED) is 0.560. The van der Waals surface area contributed by atoms with Gasteiger partial charge in [0.15, 0.2) is 0 Å². The molecule has 0 radical (unpaired) electrons. The molecule has 6 nitrogen and oxygen atoms in total. The smallest absolute Gasteiger partial charge is 0.223 e. The molecule has 0 aliphatic carbocycles. The van der Waals surface area contributed by atoms with Gasteiger partial charge in [-0.25, -0.2) is 9.97 Å². The van der Waals surface area contributed by atoms with Crippen molar-refractivity contribution in [3.8, 4) is 0 Å². The van der Waals surface area contributed by atoms with Crippen LogP contribution in [-0.2, 0) is 0 Å². The molecule has 0 amide bonds. The number of benzene rings is 1. The fourth-order valence-electron chi connectivity index (χ4n) is 2.25. The van der Waals surface area contributed by atoms with Gasteiger partial charge in [-0.05, 0) is 26.2 Å². The van der Waals surface area contributed by atoms with Crippen LogP contribution in [-0.4, -0.2) is 47.0 Å². The number of fused-ring (bicyclic) bond motifs is 2. The maximum absolute atomic E-state index is 6.25. The Bertz CT molecular complexity index is 784. The number of aromatic nitrogens is 3. The van der Waals surface area contributed by atoms with E-state index < -0.39 is 0 Å². The molecule has 2 heterocycles. The maximum atomic E-state index is 6.25. The lowest BCUT2D eigenvalue weighted by Crippen LogP contribution is -2.21. The lowest BCUT2D eigenvalue weighted by molar-refractivity contribution is 0.425. The van der Waals surface area contributed by atoms with Crippen molar-refractivity contribution in [2.24, 2.45) is 0 Å². The Morgan fingerprint density at radius 3 is 2.90 bits per heavy atom. The molecule has 0 unspecified atom stereocenters. The highest BCUT2D eigenvalue weighted by molar-refractivity contribution is 6.08. The summed E-state index contributed by atoms with van der Waals surface area (Å²) in [5, 5.41) is 6.10. The van der Waals surface area contributed by atoms with Gasteiger partial charge in [0.1, 0.15) is 0 Å². The first-order valence-electron chi connectivity index (χ1n) is 6.83. The minimum atomic E-state index is 0.601. The fraction of sp³-hybridized carbons (Fsp3) is 0.267. The van der Waals surface area contributed by atoms with E-state index in [4.69, 9.17) is 5.73 Å². The Morgan fingerprint density at radius 2 is 2.10 bits per heavy atom. The largest absolute Gasteiger partial charge is 0.396 e. The number of hydrogen-bond acceptors (Lipinski definition) is 6. The van der Waals surface area contributed by atoms with Crippen LogP contribution in [0.5, 0.6) is 0 Å². The molecule has 1 aromatic carbocycles. The first-order valence-corrected chi connectivity index (χ1v) is 6.83. The van der Waals surface area contributed by atoms with Crippen LogP contribution in [0.25, 0.3) is 21.7 Å². The van der Waals surface area contributed by atoms with Gasteiger partial charge in [0.05, 0.1) is 11.2 Å². The van der Waals surface area contributed by atoms with E-state index in [9.17, 15) is 0 Å². The zero-order valence-corrected chi connectivity index (χ0v) is 12.2. The second-order valence-electron chi connectivity index (χ2n) is 5.25. The molecule has 0 bridgehead atoms. The topological polar surface area (TPSA) is 80.0 Å². The molecule has 3 N–H and O–H groups in total. The summed E-state index contributed by atoms with van der Waals surface area (Å²) in [6.45, 7) is 1.70. The highest BCUT2D eigenvalue weighted by Gasteiger charge is 2.07. The Kier molecular flexibility index (Phi) is 3.53. The van der Waals surface area contributed by atoms with E-state index in [2.05, 4.69) is 25.2 Å². The van der Waals surface area contributed by atoms with E-state index in [1.165, 1.54) is 0 Å². The van der Waals surface area contributed by atoms with Gasteiger partial charge in [0.25, 0.3) is 0 Å². The second kappa shape index (κ2) is 5.49. The summed E-state index contributed by atoms with van der Waals surface area (Å²) in [6, 6.07) is 3.92. The molecule has 0 aliphatic rings. The number of nitrogens with zero attached hydrogens (tertiary/aromatic N) is 4. The number of nitrogens with one attached hydrogen (secondary N) is 1. The third-order valence-corrected chi connectivity index (χ3v) is 3.37. The predicted molar refractivity (Wildman–Crippen MR) is 86.3 cm³/mol. The molecule has 0 fully saturated rings. The molecule has 2 aromatic heterocycles. The number of nitrogens with two attached hydrogens (primary N) is 1. The van der Waals surface area contributed by atoms with Gasteiger partial charge in [-0.2, -0.15) is 0 Å². The monoisotopic (exact) mass is 282 g/mol. The summed E-state index contributed by atoms with van der Waals surface area (Å²) >= 11 is 0.